The van der Waals surface area contributed by atoms with Crippen molar-refractivity contribution in [1.29, 1.82) is 5.26 Å². The van der Waals surface area contributed by atoms with Crippen molar-refractivity contribution in [1.82, 2.24) is 15.5 Å². The van der Waals surface area contributed by atoms with Crippen LogP contribution < -0.4 is 5.32 Å². The molecule has 90 valence electrons. The molecule has 0 unspecified atom stereocenters. The van der Waals surface area contributed by atoms with Gasteiger partial charge in [0.25, 0.3) is 0 Å². The third-order valence-electron chi connectivity index (χ3n) is 2.82. The lowest BCUT2D eigenvalue weighted by molar-refractivity contribution is 0.476. The molecule has 0 bridgehead atoms. The molecule has 0 radical (unpaired) electrons. The number of nitriles is 1. The highest BCUT2D eigenvalue weighted by molar-refractivity contribution is 5.55. The predicted molar refractivity (Wildman–Crippen MR) is 64.3 cm³/mol. The maximum absolute atomic E-state index is 8.84. The summed E-state index contributed by atoms with van der Waals surface area (Å²) in [6.45, 7) is 0.607. The zero-order valence-corrected chi connectivity index (χ0v) is 9.76. The molecule has 1 heterocycles. The first kappa shape index (κ1) is 10.9. The molecule has 0 spiro atoms. The summed E-state index contributed by atoms with van der Waals surface area (Å²) in [5.74, 6) is 1.04. The minimum Gasteiger partial charge on any atom is -0.419 e. The molecule has 5 heteroatoms. The molecule has 0 aliphatic heterocycles. The van der Waals surface area contributed by atoms with Crippen molar-refractivity contribution in [3.8, 4) is 17.5 Å². The highest BCUT2D eigenvalue weighted by Crippen LogP contribution is 2.21. The van der Waals surface area contributed by atoms with Gasteiger partial charge in [0.05, 0.1) is 18.2 Å². The SMILES string of the molecule is N#Cc1cccc(-c2nnc(CNC3CC3)o2)c1. The monoisotopic (exact) mass is 240 g/mol. The Morgan fingerprint density at radius 1 is 1.39 bits per heavy atom. The Kier molecular flexibility index (Phi) is 2.79. The number of hydrogen-bond acceptors (Lipinski definition) is 5. The molecule has 1 aromatic heterocycles. The molecule has 1 aliphatic rings. The molecule has 0 atom stereocenters. The van der Waals surface area contributed by atoms with Crippen LogP contribution >= 0.6 is 0 Å². The van der Waals surface area contributed by atoms with Crippen LogP contribution in [0.25, 0.3) is 11.5 Å². The molecular formula is C13H12N4O. The fourth-order valence-electron chi connectivity index (χ4n) is 1.68. The Hall–Kier alpha value is -2.19. The Bertz CT molecular complexity index is 595. The fraction of sp³-hybridized carbons (Fsp3) is 0.308. The minimum atomic E-state index is 0.458. The standard InChI is InChI=1S/C13H12N4O/c14-7-9-2-1-3-10(6-9)13-17-16-12(18-13)8-15-11-4-5-11/h1-3,6,11,15H,4-5,8H2. The van der Waals surface area contributed by atoms with Crippen LogP contribution in [-0.2, 0) is 6.54 Å². The van der Waals surface area contributed by atoms with E-state index in [1.165, 1.54) is 12.8 Å². The molecule has 1 N–H and O–H groups in total. The molecule has 0 amide bonds. The fourth-order valence-corrected chi connectivity index (χ4v) is 1.68. The van der Waals surface area contributed by atoms with Gasteiger partial charge in [0, 0.05) is 11.6 Å². The van der Waals surface area contributed by atoms with E-state index in [0.29, 0.717) is 29.9 Å². The van der Waals surface area contributed by atoms with Crippen LogP contribution in [-0.4, -0.2) is 16.2 Å². The van der Waals surface area contributed by atoms with Crippen molar-refractivity contribution in [2.75, 3.05) is 0 Å². The van der Waals surface area contributed by atoms with Crippen molar-refractivity contribution in [2.24, 2.45) is 0 Å². The van der Waals surface area contributed by atoms with E-state index in [2.05, 4.69) is 21.6 Å². The van der Waals surface area contributed by atoms with Gasteiger partial charge in [-0.25, -0.2) is 0 Å². The summed E-state index contributed by atoms with van der Waals surface area (Å²) in [5.41, 5.74) is 1.36. The zero-order valence-electron chi connectivity index (χ0n) is 9.76. The minimum absolute atomic E-state index is 0.458. The maximum atomic E-state index is 8.84. The summed E-state index contributed by atoms with van der Waals surface area (Å²) >= 11 is 0. The number of hydrogen-bond donors (Lipinski definition) is 1. The van der Waals surface area contributed by atoms with Gasteiger partial charge in [-0.1, -0.05) is 6.07 Å². The third kappa shape index (κ3) is 2.39. The molecular weight excluding hydrogens is 228 g/mol. The van der Waals surface area contributed by atoms with Crippen molar-refractivity contribution in [2.45, 2.75) is 25.4 Å². The summed E-state index contributed by atoms with van der Waals surface area (Å²) in [4.78, 5) is 0. The van der Waals surface area contributed by atoms with Gasteiger partial charge in [0.2, 0.25) is 11.8 Å². The van der Waals surface area contributed by atoms with Crippen LogP contribution in [0.5, 0.6) is 0 Å². The molecule has 3 rings (SSSR count). The number of nitrogens with zero attached hydrogens (tertiary/aromatic N) is 3. The topological polar surface area (TPSA) is 74.7 Å². The Balaban J connectivity index is 1.76. The lowest BCUT2D eigenvalue weighted by Gasteiger charge is -1.96. The molecule has 0 saturated heterocycles. The molecule has 1 aromatic carbocycles. The normalized spacial score (nSPS) is 14.4. The van der Waals surface area contributed by atoms with E-state index in [1.54, 1.807) is 18.2 Å². The van der Waals surface area contributed by atoms with Crippen molar-refractivity contribution in [3.63, 3.8) is 0 Å². The lowest BCUT2D eigenvalue weighted by Crippen LogP contribution is -2.15. The van der Waals surface area contributed by atoms with Crippen LogP contribution in [0.2, 0.25) is 0 Å². The van der Waals surface area contributed by atoms with Crippen molar-refractivity contribution in [3.05, 3.63) is 35.7 Å². The highest BCUT2D eigenvalue weighted by Gasteiger charge is 2.21. The van der Waals surface area contributed by atoms with Gasteiger partial charge < -0.3 is 9.73 Å². The Morgan fingerprint density at radius 2 is 2.28 bits per heavy atom. The molecule has 1 aliphatic carbocycles. The van der Waals surface area contributed by atoms with Gasteiger partial charge in [-0.2, -0.15) is 5.26 Å². The average molecular weight is 240 g/mol. The van der Waals surface area contributed by atoms with Crippen molar-refractivity contribution < 1.29 is 4.42 Å². The summed E-state index contributed by atoms with van der Waals surface area (Å²) in [6, 6.07) is 9.85. The van der Waals surface area contributed by atoms with Gasteiger partial charge in [-0.15, -0.1) is 10.2 Å². The van der Waals surface area contributed by atoms with Gasteiger partial charge in [0.15, 0.2) is 0 Å². The molecule has 2 aromatic rings. The Morgan fingerprint density at radius 3 is 3.06 bits per heavy atom. The van der Waals surface area contributed by atoms with E-state index >= 15 is 0 Å². The number of rotatable bonds is 4. The number of nitrogens with one attached hydrogen (secondary N) is 1. The maximum Gasteiger partial charge on any atom is 0.247 e. The van der Waals surface area contributed by atoms with Crippen molar-refractivity contribution >= 4 is 0 Å². The van der Waals surface area contributed by atoms with Crippen LogP contribution in [0, 0.1) is 11.3 Å². The third-order valence-corrected chi connectivity index (χ3v) is 2.82. The first-order valence-corrected chi connectivity index (χ1v) is 5.91. The van der Waals surface area contributed by atoms with E-state index in [-0.39, 0.29) is 0 Å². The highest BCUT2D eigenvalue weighted by atomic mass is 16.4. The van der Waals surface area contributed by atoms with Gasteiger partial charge in [-0.05, 0) is 31.0 Å². The summed E-state index contributed by atoms with van der Waals surface area (Å²) < 4.78 is 5.55. The molecule has 1 fully saturated rings. The quantitative estimate of drug-likeness (QED) is 0.882. The second kappa shape index (κ2) is 4.59. The molecule has 18 heavy (non-hydrogen) atoms. The smallest absolute Gasteiger partial charge is 0.247 e. The van der Waals surface area contributed by atoms with Gasteiger partial charge in [-0.3, -0.25) is 0 Å². The second-order valence-electron chi connectivity index (χ2n) is 4.35. The van der Waals surface area contributed by atoms with Gasteiger partial charge in [0.1, 0.15) is 0 Å². The first-order chi connectivity index (χ1) is 8.85. The Labute approximate surface area is 104 Å². The summed E-state index contributed by atoms with van der Waals surface area (Å²) in [6.07, 6.45) is 2.45. The van der Waals surface area contributed by atoms with E-state index < -0.39 is 0 Å². The van der Waals surface area contributed by atoms with Crippen LogP contribution in [0.1, 0.15) is 24.3 Å². The lowest BCUT2D eigenvalue weighted by atomic mass is 10.1. The van der Waals surface area contributed by atoms with E-state index in [4.69, 9.17) is 9.68 Å². The summed E-state index contributed by atoms with van der Waals surface area (Å²) in [7, 11) is 0. The molecule has 5 nitrogen and oxygen atoms in total. The van der Waals surface area contributed by atoms with Crippen LogP contribution in [0.4, 0.5) is 0 Å². The largest absolute Gasteiger partial charge is 0.419 e. The van der Waals surface area contributed by atoms with Crippen LogP contribution in [0.3, 0.4) is 0 Å². The average Bonchev–Trinajstić information content (AvgIpc) is 3.13. The summed E-state index contributed by atoms with van der Waals surface area (Å²) in [5, 5.41) is 20.1. The molecule has 1 saturated carbocycles. The van der Waals surface area contributed by atoms with E-state index in [0.717, 1.165) is 5.56 Å². The number of benzene rings is 1. The number of aromatic nitrogens is 2. The first-order valence-electron chi connectivity index (χ1n) is 5.91. The van der Waals surface area contributed by atoms with E-state index in [1.807, 2.05) is 6.07 Å². The zero-order chi connectivity index (χ0) is 12.4. The predicted octanol–water partition coefficient (Wildman–Crippen LogP) is 1.86. The van der Waals surface area contributed by atoms with E-state index in [9.17, 15) is 0 Å². The van der Waals surface area contributed by atoms with Gasteiger partial charge >= 0.3 is 0 Å². The van der Waals surface area contributed by atoms with Crippen LogP contribution in [0.15, 0.2) is 28.7 Å². The second-order valence-corrected chi connectivity index (χ2v) is 4.35.